The summed E-state index contributed by atoms with van der Waals surface area (Å²) in [5.41, 5.74) is 4.27. The summed E-state index contributed by atoms with van der Waals surface area (Å²) in [6.07, 6.45) is 5.56. The molecule has 194 valence electrons. The molecule has 3 amide bonds. The lowest BCUT2D eigenvalue weighted by atomic mass is 9.63. The molecule has 0 unspecified atom stereocenters. The summed E-state index contributed by atoms with van der Waals surface area (Å²) in [6, 6.07) is 10.9. The zero-order valence-electron chi connectivity index (χ0n) is 21.7. The summed E-state index contributed by atoms with van der Waals surface area (Å²) in [5, 5.41) is 0. The maximum atomic E-state index is 13.5. The molecule has 7 nitrogen and oxygen atoms in total. The smallest absolute Gasteiger partial charge is 0.316 e. The summed E-state index contributed by atoms with van der Waals surface area (Å²) in [5.74, 6) is -0.0364. The molecule has 2 aromatic carbocycles. The van der Waals surface area contributed by atoms with Gasteiger partial charge in [0.25, 0.3) is 0 Å². The van der Waals surface area contributed by atoms with Gasteiger partial charge in [-0.05, 0) is 97.9 Å². The number of aryl methyl sites for hydroxylation is 3. The largest absolute Gasteiger partial charge is 0.426 e. The highest BCUT2D eigenvalue weighted by Crippen LogP contribution is 2.65. The van der Waals surface area contributed by atoms with E-state index in [2.05, 4.69) is 12.2 Å². The second-order valence-corrected chi connectivity index (χ2v) is 11.7. The van der Waals surface area contributed by atoms with Crippen LogP contribution in [0.1, 0.15) is 29.5 Å². The first kappa shape index (κ1) is 23.4. The van der Waals surface area contributed by atoms with Gasteiger partial charge in [-0.3, -0.25) is 19.2 Å². The van der Waals surface area contributed by atoms with E-state index in [1.807, 2.05) is 39.0 Å². The van der Waals surface area contributed by atoms with Crippen LogP contribution in [0.15, 0.2) is 48.6 Å². The number of rotatable bonds is 4. The Balaban J connectivity index is 1.06. The van der Waals surface area contributed by atoms with Crippen LogP contribution in [0.25, 0.3) is 0 Å². The summed E-state index contributed by atoms with van der Waals surface area (Å²) >= 11 is 0. The lowest BCUT2D eigenvalue weighted by Crippen LogP contribution is -2.40. The maximum absolute atomic E-state index is 13.5. The average molecular weight is 511 g/mol. The van der Waals surface area contributed by atoms with E-state index in [0.29, 0.717) is 28.8 Å². The van der Waals surface area contributed by atoms with Crippen molar-refractivity contribution in [2.75, 3.05) is 16.3 Å². The first-order chi connectivity index (χ1) is 18.2. The maximum Gasteiger partial charge on any atom is 0.316 e. The minimum absolute atomic E-state index is 0.0980. The number of amides is 3. The van der Waals surface area contributed by atoms with Crippen molar-refractivity contribution in [1.82, 2.24) is 0 Å². The van der Waals surface area contributed by atoms with Crippen LogP contribution in [0.4, 0.5) is 11.4 Å². The molecule has 0 radical (unpaired) electrons. The van der Waals surface area contributed by atoms with E-state index in [9.17, 15) is 19.2 Å². The predicted molar refractivity (Wildman–Crippen MR) is 140 cm³/mol. The Morgan fingerprint density at radius 3 is 2.16 bits per heavy atom. The van der Waals surface area contributed by atoms with E-state index in [1.54, 1.807) is 23.1 Å². The van der Waals surface area contributed by atoms with E-state index in [0.717, 1.165) is 23.2 Å². The highest BCUT2D eigenvalue weighted by molar-refractivity contribution is 6.23. The molecule has 7 heteroatoms. The molecular formula is C31H30N2O5. The lowest BCUT2D eigenvalue weighted by Gasteiger charge is -2.37. The summed E-state index contributed by atoms with van der Waals surface area (Å²) in [4.78, 5) is 55.6. The van der Waals surface area contributed by atoms with Gasteiger partial charge in [0, 0.05) is 18.7 Å². The molecule has 38 heavy (non-hydrogen) atoms. The number of esters is 1. The standard InChI is InChI=1S/C31H30N2O5/c1-15-4-5-19(10-16(15)2)32-14-18(12-26(32)34)31(37)38-20-6-9-25(17(3)11-20)33-29(35)27-21-7-8-22(24-13-23(21)24)28(27)30(33)36/h4-11,18,21-24,27-28H,12-14H2,1-3H3/t18-,21+,22+,23-,24+,27-,28-/m1/s1. The van der Waals surface area contributed by atoms with Gasteiger partial charge in [-0.1, -0.05) is 18.2 Å². The Labute approximate surface area is 221 Å². The number of imide groups is 1. The highest BCUT2D eigenvalue weighted by atomic mass is 16.5. The molecule has 4 fully saturated rings. The van der Waals surface area contributed by atoms with Gasteiger partial charge >= 0.3 is 5.97 Å². The number of allylic oxidation sites excluding steroid dienone is 2. The molecule has 0 aromatic heterocycles. The fraction of sp³-hybridized carbons (Fsp3) is 0.419. The number of anilines is 2. The van der Waals surface area contributed by atoms with Crippen molar-refractivity contribution in [2.24, 2.45) is 41.4 Å². The van der Waals surface area contributed by atoms with Crippen LogP contribution in [0, 0.1) is 62.2 Å². The van der Waals surface area contributed by atoms with Gasteiger partial charge in [0.15, 0.2) is 0 Å². The summed E-state index contributed by atoms with van der Waals surface area (Å²) in [7, 11) is 0. The Bertz CT molecular complexity index is 1420. The van der Waals surface area contributed by atoms with Crippen LogP contribution in [0.5, 0.6) is 5.75 Å². The van der Waals surface area contributed by atoms with Crippen molar-refractivity contribution in [2.45, 2.75) is 33.6 Å². The number of hydrogen-bond donors (Lipinski definition) is 0. The van der Waals surface area contributed by atoms with E-state index in [4.69, 9.17) is 4.74 Å². The van der Waals surface area contributed by atoms with Gasteiger partial charge in [-0.2, -0.15) is 0 Å². The van der Waals surface area contributed by atoms with Crippen molar-refractivity contribution in [3.63, 3.8) is 0 Å². The third kappa shape index (κ3) is 3.33. The van der Waals surface area contributed by atoms with Gasteiger partial charge < -0.3 is 9.64 Å². The second kappa shape index (κ2) is 8.13. The zero-order chi connectivity index (χ0) is 26.5. The molecule has 6 aliphatic rings. The second-order valence-electron chi connectivity index (χ2n) is 11.7. The molecule has 4 aliphatic carbocycles. The predicted octanol–water partition coefficient (Wildman–Crippen LogP) is 4.13. The van der Waals surface area contributed by atoms with E-state index >= 15 is 0 Å². The van der Waals surface area contributed by atoms with Crippen LogP contribution in [-0.2, 0) is 19.2 Å². The van der Waals surface area contributed by atoms with Crippen LogP contribution >= 0.6 is 0 Å². The quantitative estimate of drug-likeness (QED) is 0.267. The minimum atomic E-state index is -0.566. The van der Waals surface area contributed by atoms with Gasteiger partial charge in [-0.15, -0.1) is 0 Å². The molecule has 7 atom stereocenters. The first-order valence-corrected chi connectivity index (χ1v) is 13.5. The number of benzene rings is 2. The van der Waals surface area contributed by atoms with Crippen LogP contribution < -0.4 is 14.5 Å². The molecule has 0 N–H and O–H groups in total. The van der Waals surface area contributed by atoms with Crippen molar-refractivity contribution < 1.29 is 23.9 Å². The van der Waals surface area contributed by atoms with E-state index in [-0.39, 0.29) is 54.4 Å². The van der Waals surface area contributed by atoms with Crippen molar-refractivity contribution in [3.8, 4) is 5.75 Å². The van der Waals surface area contributed by atoms with Crippen LogP contribution in [0.3, 0.4) is 0 Å². The average Bonchev–Trinajstić information content (AvgIpc) is 3.57. The van der Waals surface area contributed by atoms with E-state index < -0.39 is 11.9 Å². The molecule has 2 saturated carbocycles. The van der Waals surface area contributed by atoms with Gasteiger partial charge in [0.2, 0.25) is 17.7 Å². The van der Waals surface area contributed by atoms with Crippen LogP contribution in [0.2, 0.25) is 0 Å². The third-order valence-corrected chi connectivity index (χ3v) is 9.55. The number of carbonyl (C=O) groups is 4. The Kier molecular flexibility index (Phi) is 5.00. The Morgan fingerprint density at radius 1 is 0.842 bits per heavy atom. The molecule has 2 aliphatic heterocycles. The van der Waals surface area contributed by atoms with Crippen molar-refractivity contribution in [3.05, 3.63) is 65.2 Å². The Hall–Kier alpha value is -3.74. The molecule has 2 bridgehead atoms. The highest BCUT2D eigenvalue weighted by Gasteiger charge is 2.67. The number of ether oxygens (including phenoxy) is 1. The molecule has 8 rings (SSSR count). The molecule has 0 spiro atoms. The van der Waals surface area contributed by atoms with Crippen molar-refractivity contribution >= 4 is 35.1 Å². The number of carbonyl (C=O) groups excluding carboxylic acids is 4. The fourth-order valence-electron chi connectivity index (χ4n) is 7.34. The first-order valence-electron chi connectivity index (χ1n) is 13.5. The number of hydrogen-bond acceptors (Lipinski definition) is 5. The molecule has 2 heterocycles. The molecule has 2 saturated heterocycles. The minimum Gasteiger partial charge on any atom is -0.426 e. The van der Waals surface area contributed by atoms with Gasteiger partial charge in [0.1, 0.15) is 5.75 Å². The topological polar surface area (TPSA) is 84.0 Å². The number of nitrogens with zero attached hydrogens (tertiary/aromatic N) is 2. The molecule has 2 aromatic rings. The third-order valence-electron chi connectivity index (χ3n) is 9.55. The van der Waals surface area contributed by atoms with E-state index in [1.165, 1.54) is 4.90 Å². The summed E-state index contributed by atoms with van der Waals surface area (Å²) < 4.78 is 5.67. The normalized spacial score (nSPS) is 32.6. The lowest BCUT2D eigenvalue weighted by molar-refractivity contribution is -0.139. The van der Waals surface area contributed by atoms with Crippen LogP contribution in [-0.4, -0.2) is 30.2 Å². The van der Waals surface area contributed by atoms with Gasteiger partial charge in [0.05, 0.1) is 23.4 Å². The SMILES string of the molecule is Cc1ccc(N2C[C@H](C(=O)Oc3ccc(N4C(=O)[C@@H]5[C@H]6C=C[C@@H]([C@@H]7C[C@H]67)[C@H]5C4=O)c(C)c3)CC2=O)cc1C. The van der Waals surface area contributed by atoms with Gasteiger partial charge in [-0.25, -0.2) is 4.90 Å². The summed E-state index contributed by atoms with van der Waals surface area (Å²) in [6.45, 7) is 6.11. The zero-order valence-corrected chi connectivity index (χ0v) is 21.7. The Morgan fingerprint density at radius 2 is 1.53 bits per heavy atom. The fourth-order valence-corrected chi connectivity index (χ4v) is 7.34. The monoisotopic (exact) mass is 510 g/mol. The van der Waals surface area contributed by atoms with Crippen molar-refractivity contribution in [1.29, 1.82) is 0 Å². The molecular weight excluding hydrogens is 480 g/mol.